The van der Waals surface area contributed by atoms with Crippen LogP contribution in [-0.2, 0) is 0 Å². The lowest BCUT2D eigenvalue weighted by Crippen LogP contribution is -2.30. The molecule has 1 amide bonds. The molecule has 0 aliphatic rings. The largest absolute Gasteiger partial charge is 0.507 e. The monoisotopic (exact) mass is 271 g/mol. The Morgan fingerprint density at radius 2 is 1.85 bits per heavy atom. The van der Waals surface area contributed by atoms with Crippen LogP contribution < -0.4 is 9.64 Å². The summed E-state index contributed by atoms with van der Waals surface area (Å²) in [5.41, 5.74) is 0.964. The number of hydrogen-bond acceptors (Lipinski definition) is 3. The molecule has 0 atom stereocenters. The third kappa shape index (κ3) is 2.59. The zero-order valence-electron chi connectivity index (χ0n) is 11.5. The van der Waals surface area contributed by atoms with Gasteiger partial charge in [-0.3, -0.25) is 4.79 Å². The zero-order chi connectivity index (χ0) is 14.5. The number of para-hydroxylation sites is 1. The lowest BCUT2D eigenvalue weighted by atomic mass is 10.1. The van der Waals surface area contributed by atoms with Gasteiger partial charge in [0.05, 0.1) is 7.11 Å². The van der Waals surface area contributed by atoms with Crippen LogP contribution in [0.15, 0.2) is 48.5 Å². The molecule has 4 nitrogen and oxygen atoms in total. The molecule has 0 saturated carbocycles. The fraction of sp³-hybridized carbons (Fsp3) is 0.188. The van der Waals surface area contributed by atoms with E-state index in [0.717, 1.165) is 5.69 Å². The molecular weight excluding hydrogens is 254 g/mol. The Balaban J connectivity index is 2.45. The van der Waals surface area contributed by atoms with Gasteiger partial charge >= 0.3 is 0 Å². The van der Waals surface area contributed by atoms with Crippen LogP contribution >= 0.6 is 0 Å². The molecule has 0 aliphatic carbocycles. The van der Waals surface area contributed by atoms with Crippen molar-refractivity contribution in [2.24, 2.45) is 0 Å². The Morgan fingerprint density at radius 3 is 2.45 bits per heavy atom. The highest BCUT2D eigenvalue weighted by molar-refractivity contribution is 6.09. The predicted molar refractivity (Wildman–Crippen MR) is 78.5 cm³/mol. The second kappa shape index (κ2) is 6.10. The molecule has 20 heavy (non-hydrogen) atoms. The molecule has 0 unspecified atom stereocenters. The highest BCUT2D eigenvalue weighted by Gasteiger charge is 2.23. The minimum absolute atomic E-state index is 0.0799. The Kier molecular flexibility index (Phi) is 4.25. The zero-order valence-corrected chi connectivity index (χ0v) is 11.5. The first-order valence-electron chi connectivity index (χ1n) is 6.42. The number of phenols is 1. The summed E-state index contributed by atoms with van der Waals surface area (Å²) in [6, 6.07) is 14.1. The van der Waals surface area contributed by atoms with Crippen LogP contribution in [0.2, 0.25) is 0 Å². The average Bonchev–Trinajstić information content (AvgIpc) is 2.48. The van der Waals surface area contributed by atoms with Gasteiger partial charge in [0.1, 0.15) is 17.1 Å². The number of carbonyl (C=O) groups excluding carboxylic acids is 1. The quantitative estimate of drug-likeness (QED) is 0.929. The predicted octanol–water partition coefficient (Wildman–Crippen LogP) is 3.07. The lowest BCUT2D eigenvalue weighted by molar-refractivity contribution is 0.0982. The van der Waals surface area contributed by atoms with Crippen molar-refractivity contribution in [3.05, 3.63) is 54.1 Å². The van der Waals surface area contributed by atoms with E-state index in [1.165, 1.54) is 13.2 Å². The molecule has 0 heterocycles. The van der Waals surface area contributed by atoms with Crippen molar-refractivity contribution in [1.82, 2.24) is 0 Å². The smallest absolute Gasteiger partial charge is 0.265 e. The lowest BCUT2D eigenvalue weighted by Gasteiger charge is -2.22. The van der Waals surface area contributed by atoms with E-state index < -0.39 is 0 Å². The van der Waals surface area contributed by atoms with Crippen LogP contribution in [0.1, 0.15) is 17.3 Å². The van der Waals surface area contributed by atoms with Gasteiger partial charge in [0.2, 0.25) is 0 Å². The maximum Gasteiger partial charge on any atom is 0.265 e. The highest BCUT2D eigenvalue weighted by atomic mass is 16.5. The molecule has 1 N–H and O–H groups in total. The summed E-state index contributed by atoms with van der Waals surface area (Å²) in [4.78, 5) is 14.3. The van der Waals surface area contributed by atoms with Crippen LogP contribution in [-0.4, -0.2) is 24.7 Å². The van der Waals surface area contributed by atoms with E-state index in [0.29, 0.717) is 12.3 Å². The number of amides is 1. The number of ether oxygens (including phenoxy) is 1. The third-order valence-electron chi connectivity index (χ3n) is 3.07. The summed E-state index contributed by atoms with van der Waals surface area (Å²) in [6.45, 7) is 2.39. The standard InChI is InChI=1S/C16H17NO3/c1-3-17(12-8-5-4-6-9-12)16(19)15-13(18)10-7-11-14(15)20-2/h4-11,18H,3H2,1-2H3. The number of aromatic hydroxyl groups is 1. The molecule has 0 spiro atoms. The van der Waals surface area contributed by atoms with E-state index >= 15 is 0 Å². The second-order valence-corrected chi connectivity index (χ2v) is 4.24. The maximum absolute atomic E-state index is 12.7. The van der Waals surface area contributed by atoms with Gasteiger partial charge in [-0.1, -0.05) is 24.3 Å². The average molecular weight is 271 g/mol. The van der Waals surface area contributed by atoms with Crippen molar-refractivity contribution in [3.8, 4) is 11.5 Å². The van der Waals surface area contributed by atoms with Crippen molar-refractivity contribution in [1.29, 1.82) is 0 Å². The number of anilines is 1. The van der Waals surface area contributed by atoms with Crippen molar-refractivity contribution in [3.63, 3.8) is 0 Å². The first-order valence-corrected chi connectivity index (χ1v) is 6.42. The summed E-state index contributed by atoms with van der Waals surface area (Å²) < 4.78 is 5.17. The Morgan fingerprint density at radius 1 is 1.15 bits per heavy atom. The van der Waals surface area contributed by atoms with E-state index in [1.54, 1.807) is 17.0 Å². The molecule has 0 saturated heterocycles. The highest BCUT2D eigenvalue weighted by Crippen LogP contribution is 2.30. The van der Waals surface area contributed by atoms with Gasteiger partial charge in [-0.2, -0.15) is 0 Å². The minimum atomic E-state index is -0.284. The van der Waals surface area contributed by atoms with E-state index in [2.05, 4.69) is 0 Å². The van der Waals surface area contributed by atoms with Gasteiger partial charge in [0.15, 0.2) is 0 Å². The van der Waals surface area contributed by atoms with Crippen molar-refractivity contribution in [2.45, 2.75) is 6.92 Å². The normalized spacial score (nSPS) is 10.1. The fourth-order valence-electron chi connectivity index (χ4n) is 2.09. The molecule has 0 fully saturated rings. The number of methoxy groups -OCH3 is 1. The summed E-state index contributed by atoms with van der Waals surface area (Å²) in [7, 11) is 1.48. The summed E-state index contributed by atoms with van der Waals surface area (Å²) in [6.07, 6.45) is 0. The van der Waals surface area contributed by atoms with Crippen LogP contribution in [0.3, 0.4) is 0 Å². The number of nitrogens with zero attached hydrogens (tertiary/aromatic N) is 1. The summed E-state index contributed by atoms with van der Waals surface area (Å²) in [5.74, 6) is 0.00163. The summed E-state index contributed by atoms with van der Waals surface area (Å²) in [5, 5.41) is 9.96. The Hall–Kier alpha value is -2.49. The number of carbonyl (C=O) groups is 1. The molecule has 0 bridgehead atoms. The van der Waals surface area contributed by atoms with Crippen LogP contribution in [0.4, 0.5) is 5.69 Å². The van der Waals surface area contributed by atoms with Crippen LogP contribution in [0, 0.1) is 0 Å². The number of benzene rings is 2. The van der Waals surface area contributed by atoms with Crippen molar-refractivity contribution < 1.29 is 14.6 Å². The molecule has 4 heteroatoms. The van der Waals surface area contributed by atoms with E-state index in [1.807, 2.05) is 37.3 Å². The molecule has 0 radical (unpaired) electrons. The van der Waals surface area contributed by atoms with E-state index in [-0.39, 0.29) is 17.2 Å². The van der Waals surface area contributed by atoms with Crippen molar-refractivity contribution >= 4 is 11.6 Å². The van der Waals surface area contributed by atoms with Gasteiger partial charge in [-0.05, 0) is 31.2 Å². The van der Waals surface area contributed by atoms with Gasteiger partial charge < -0.3 is 14.7 Å². The Bertz CT molecular complexity index is 596. The molecule has 0 aromatic heterocycles. The molecular formula is C16H17NO3. The minimum Gasteiger partial charge on any atom is -0.507 e. The molecule has 104 valence electrons. The van der Waals surface area contributed by atoms with Gasteiger partial charge in [-0.15, -0.1) is 0 Å². The van der Waals surface area contributed by atoms with Gasteiger partial charge in [0.25, 0.3) is 5.91 Å². The summed E-state index contributed by atoms with van der Waals surface area (Å²) >= 11 is 0. The van der Waals surface area contributed by atoms with Gasteiger partial charge in [-0.25, -0.2) is 0 Å². The van der Waals surface area contributed by atoms with E-state index in [9.17, 15) is 9.90 Å². The fourth-order valence-corrected chi connectivity index (χ4v) is 2.09. The van der Waals surface area contributed by atoms with Gasteiger partial charge in [0, 0.05) is 12.2 Å². The van der Waals surface area contributed by atoms with E-state index in [4.69, 9.17) is 4.74 Å². The molecule has 0 aliphatic heterocycles. The maximum atomic E-state index is 12.7. The van der Waals surface area contributed by atoms with Crippen molar-refractivity contribution in [2.75, 3.05) is 18.6 Å². The molecule has 2 aromatic carbocycles. The SMILES string of the molecule is CCN(C(=O)c1c(O)cccc1OC)c1ccccc1. The Labute approximate surface area is 118 Å². The third-order valence-corrected chi connectivity index (χ3v) is 3.07. The number of hydrogen-bond donors (Lipinski definition) is 1. The number of phenolic OH excluding ortho intramolecular Hbond substituents is 1. The number of rotatable bonds is 4. The van der Waals surface area contributed by atoms with Crippen LogP contribution in [0.5, 0.6) is 11.5 Å². The first-order chi connectivity index (χ1) is 9.69. The first kappa shape index (κ1) is 13.9. The molecule has 2 rings (SSSR count). The van der Waals surface area contributed by atoms with Crippen LogP contribution in [0.25, 0.3) is 0 Å². The molecule has 2 aromatic rings. The second-order valence-electron chi connectivity index (χ2n) is 4.24. The topological polar surface area (TPSA) is 49.8 Å².